The molecule has 0 radical (unpaired) electrons. The number of fused-ring (bicyclic) bond motifs is 2. The Kier molecular flexibility index (Phi) is 4.76. The highest BCUT2D eigenvalue weighted by molar-refractivity contribution is 5.97. The van der Waals surface area contributed by atoms with Crippen LogP contribution in [0.2, 0.25) is 0 Å². The number of nitrogens with zero attached hydrogens (tertiary/aromatic N) is 1. The van der Waals surface area contributed by atoms with Gasteiger partial charge in [0.15, 0.2) is 5.82 Å². The molecular weight excluding hydrogens is 368 g/mol. The van der Waals surface area contributed by atoms with E-state index in [1.54, 1.807) is 6.20 Å². The summed E-state index contributed by atoms with van der Waals surface area (Å²) in [7, 11) is 0. The van der Waals surface area contributed by atoms with Crippen molar-refractivity contribution >= 4 is 11.6 Å². The van der Waals surface area contributed by atoms with E-state index < -0.39 is 23.6 Å². The molecule has 0 saturated heterocycles. The van der Waals surface area contributed by atoms with Crippen LogP contribution < -0.4 is 15.4 Å². The highest BCUT2D eigenvalue weighted by atomic mass is 19.1. The number of ether oxygens (including phenoxy) is 2. The summed E-state index contributed by atoms with van der Waals surface area (Å²) in [6.45, 7) is 4.93. The Morgan fingerprint density at radius 2 is 2.18 bits per heavy atom. The molecule has 4 rings (SSSR count). The largest absolute Gasteiger partial charge is 0.489 e. The first-order valence-electron chi connectivity index (χ1n) is 9.18. The number of pyridine rings is 1. The molecule has 2 aliphatic rings. The lowest BCUT2D eigenvalue weighted by Crippen LogP contribution is -2.43. The summed E-state index contributed by atoms with van der Waals surface area (Å²) in [5, 5.41) is 5.54. The van der Waals surface area contributed by atoms with E-state index in [9.17, 15) is 13.6 Å². The lowest BCUT2D eigenvalue weighted by atomic mass is 9.92. The van der Waals surface area contributed by atoms with E-state index in [4.69, 9.17) is 9.47 Å². The lowest BCUT2D eigenvalue weighted by Gasteiger charge is -2.23. The van der Waals surface area contributed by atoms with Crippen LogP contribution in [0.1, 0.15) is 37.1 Å². The zero-order valence-electron chi connectivity index (χ0n) is 15.6. The summed E-state index contributed by atoms with van der Waals surface area (Å²) >= 11 is 0. The number of rotatable bonds is 4. The maximum atomic E-state index is 13.9. The van der Waals surface area contributed by atoms with Crippen LogP contribution in [0.5, 0.6) is 5.75 Å². The molecule has 2 atom stereocenters. The van der Waals surface area contributed by atoms with Gasteiger partial charge in [0.05, 0.1) is 17.9 Å². The van der Waals surface area contributed by atoms with Crippen molar-refractivity contribution in [1.29, 1.82) is 0 Å². The highest BCUT2D eigenvalue weighted by Gasteiger charge is 2.34. The summed E-state index contributed by atoms with van der Waals surface area (Å²) in [5.74, 6) is -2.11. The highest BCUT2D eigenvalue weighted by Crippen LogP contribution is 2.38. The summed E-state index contributed by atoms with van der Waals surface area (Å²) in [4.78, 5) is 16.8. The second-order valence-electron chi connectivity index (χ2n) is 7.20. The van der Waals surface area contributed by atoms with Crippen LogP contribution in [-0.4, -0.2) is 23.5 Å². The van der Waals surface area contributed by atoms with E-state index in [-0.39, 0.29) is 23.6 Å². The number of nitrogens with one attached hydrogen (secondary N) is 2. The Morgan fingerprint density at radius 1 is 1.36 bits per heavy atom. The van der Waals surface area contributed by atoms with Gasteiger partial charge in [-0.2, -0.15) is 0 Å². The fourth-order valence-corrected chi connectivity index (χ4v) is 3.46. The topological polar surface area (TPSA) is 72.5 Å². The summed E-state index contributed by atoms with van der Waals surface area (Å²) in [6, 6.07) is 3.00. The molecule has 8 heteroatoms. The smallest absolute Gasteiger partial charge is 0.245 e. The predicted molar refractivity (Wildman–Crippen MR) is 97.8 cm³/mol. The van der Waals surface area contributed by atoms with Crippen LogP contribution >= 0.6 is 0 Å². The quantitative estimate of drug-likeness (QED) is 0.841. The fourth-order valence-electron chi connectivity index (χ4n) is 3.46. The first-order chi connectivity index (χ1) is 13.4. The van der Waals surface area contributed by atoms with E-state index in [2.05, 4.69) is 22.5 Å². The lowest BCUT2D eigenvalue weighted by molar-refractivity contribution is -0.118. The standard InChI is InChI=1S/C20H21F2N3O3/c1-3-20(2)14-6-13(23-7-11(14)9-28-20)8-24-16-10-27-17-5-12(21)4-15(22)18(17)25-19(16)26/h4-7,16,24H,3,8-10H2,1-2H3,(H,25,26)/t16-,20+/m0/s1. The SMILES string of the molecule is CC[C@@]1(C)OCc2cnc(CN[C@H]3COc4cc(F)cc(F)c4NC3=O)cc21. The zero-order valence-corrected chi connectivity index (χ0v) is 15.6. The molecule has 2 aromatic rings. The molecule has 0 unspecified atom stereocenters. The minimum atomic E-state index is -0.872. The Hall–Kier alpha value is -2.58. The molecular formula is C20H21F2N3O3. The van der Waals surface area contributed by atoms with Gasteiger partial charge in [-0.15, -0.1) is 0 Å². The minimum absolute atomic E-state index is 0.0262. The number of anilines is 1. The Balaban J connectivity index is 1.47. The van der Waals surface area contributed by atoms with Crippen LogP contribution in [0.25, 0.3) is 0 Å². The second-order valence-corrected chi connectivity index (χ2v) is 7.20. The van der Waals surface area contributed by atoms with Crippen molar-refractivity contribution in [2.75, 3.05) is 11.9 Å². The van der Waals surface area contributed by atoms with Crippen LogP contribution in [-0.2, 0) is 28.3 Å². The van der Waals surface area contributed by atoms with Crippen LogP contribution in [0.4, 0.5) is 14.5 Å². The van der Waals surface area contributed by atoms with Crippen molar-refractivity contribution in [3.8, 4) is 5.75 Å². The predicted octanol–water partition coefficient (Wildman–Crippen LogP) is 3.00. The van der Waals surface area contributed by atoms with Crippen LogP contribution in [0.15, 0.2) is 24.4 Å². The van der Waals surface area contributed by atoms with Gasteiger partial charge in [0.1, 0.15) is 29.9 Å². The normalized spacial score (nSPS) is 23.4. The Labute approximate surface area is 161 Å². The molecule has 148 valence electrons. The number of hydrogen-bond acceptors (Lipinski definition) is 5. The molecule has 2 aliphatic heterocycles. The zero-order chi connectivity index (χ0) is 19.9. The van der Waals surface area contributed by atoms with Gasteiger partial charge in [-0.3, -0.25) is 15.1 Å². The van der Waals surface area contributed by atoms with Gasteiger partial charge in [-0.05, 0) is 25.0 Å². The van der Waals surface area contributed by atoms with E-state index in [0.717, 1.165) is 29.3 Å². The van der Waals surface area contributed by atoms with Crippen molar-refractivity contribution in [3.63, 3.8) is 0 Å². The van der Waals surface area contributed by atoms with Gasteiger partial charge in [0.25, 0.3) is 0 Å². The molecule has 2 N–H and O–H groups in total. The van der Waals surface area contributed by atoms with Crippen molar-refractivity contribution in [3.05, 3.63) is 52.9 Å². The van der Waals surface area contributed by atoms with Gasteiger partial charge in [0.2, 0.25) is 5.91 Å². The molecule has 0 aliphatic carbocycles. The number of halogens is 2. The summed E-state index contributed by atoms with van der Waals surface area (Å²) in [5.41, 5.74) is 2.45. The van der Waals surface area contributed by atoms with Gasteiger partial charge in [0, 0.05) is 30.4 Å². The Morgan fingerprint density at radius 3 is 2.96 bits per heavy atom. The number of aromatic nitrogens is 1. The number of carbonyl (C=O) groups excluding carboxylic acids is 1. The molecule has 28 heavy (non-hydrogen) atoms. The van der Waals surface area contributed by atoms with E-state index >= 15 is 0 Å². The van der Waals surface area contributed by atoms with Crippen LogP contribution in [0.3, 0.4) is 0 Å². The molecule has 6 nitrogen and oxygen atoms in total. The molecule has 0 saturated carbocycles. The third kappa shape index (κ3) is 3.33. The summed E-state index contributed by atoms with van der Waals surface area (Å²) < 4.78 is 38.6. The van der Waals surface area contributed by atoms with E-state index in [0.29, 0.717) is 19.2 Å². The van der Waals surface area contributed by atoms with Gasteiger partial charge in [-0.25, -0.2) is 8.78 Å². The third-order valence-electron chi connectivity index (χ3n) is 5.35. The van der Waals surface area contributed by atoms with E-state index in [1.807, 2.05) is 13.0 Å². The minimum Gasteiger partial charge on any atom is -0.489 e. The monoisotopic (exact) mass is 389 g/mol. The third-order valence-corrected chi connectivity index (χ3v) is 5.35. The first-order valence-corrected chi connectivity index (χ1v) is 9.18. The summed E-state index contributed by atoms with van der Waals surface area (Å²) in [6.07, 6.45) is 2.64. The number of hydrogen-bond donors (Lipinski definition) is 2. The van der Waals surface area contributed by atoms with E-state index in [1.165, 1.54) is 0 Å². The molecule has 0 fully saturated rings. The average Bonchev–Trinajstić information content (AvgIpc) is 2.91. The van der Waals surface area contributed by atoms with Crippen molar-refractivity contribution in [2.24, 2.45) is 0 Å². The molecule has 0 spiro atoms. The van der Waals surface area contributed by atoms with Crippen molar-refractivity contribution in [1.82, 2.24) is 10.3 Å². The van der Waals surface area contributed by atoms with Crippen molar-refractivity contribution in [2.45, 2.75) is 45.1 Å². The molecule has 1 amide bonds. The number of amides is 1. The van der Waals surface area contributed by atoms with Gasteiger partial charge in [-0.1, -0.05) is 6.92 Å². The van der Waals surface area contributed by atoms with Gasteiger partial charge < -0.3 is 14.8 Å². The molecule has 0 bridgehead atoms. The maximum absolute atomic E-state index is 13.9. The van der Waals surface area contributed by atoms with Crippen LogP contribution in [0, 0.1) is 11.6 Å². The second kappa shape index (κ2) is 7.10. The Bertz CT molecular complexity index is 937. The maximum Gasteiger partial charge on any atom is 0.245 e. The number of carbonyl (C=O) groups is 1. The first kappa shape index (κ1) is 18.8. The number of benzene rings is 1. The molecule has 3 heterocycles. The average molecular weight is 389 g/mol. The van der Waals surface area contributed by atoms with Gasteiger partial charge >= 0.3 is 0 Å². The molecule has 1 aromatic heterocycles. The fraction of sp³-hybridized carbons (Fsp3) is 0.400. The van der Waals surface area contributed by atoms with Crippen molar-refractivity contribution < 1.29 is 23.0 Å². The molecule has 1 aromatic carbocycles.